The third-order valence-electron chi connectivity index (χ3n) is 4.28. The zero-order valence-corrected chi connectivity index (χ0v) is 17.7. The monoisotopic (exact) mass is 447 g/mol. The third-order valence-corrected chi connectivity index (χ3v) is 5.68. The van der Waals surface area contributed by atoms with Crippen molar-refractivity contribution in [2.45, 2.75) is 11.3 Å². The predicted molar refractivity (Wildman–Crippen MR) is 112 cm³/mol. The Balaban J connectivity index is 1.48. The van der Waals surface area contributed by atoms with E-state index in [-0.39, 0.29) is 23.7 Å². The summed E-state index contributed by atoms with van der Waals surface area (Å²) >= 11 is 0. The van der Waals surface area contributed by atoms with E-state index in [1.807, 2.05) is 0 Å². The number of hydrogen-bond acceptors (Lipinski definition) is 8. The molecule has 0 aromatic heterocycles. The number of fused-ring (bicyclic) bond motifs is 1. The van der Waals surface area contributed by atoms with Crippen LogP contribution in [0.4, 0.5) is 5.69 Å². The zero-order valence-electron chi connectivity index (χ0n) is 16.9. The minimum absolute atomic E-state index is 0.00230. The van der Waals surface area contributed by atoms with Gasteiger partial charge < -0.3 is 19.5 Å². The molecule has 164 valence electrons. The van der Waals surface area contributed by atoms with E-state index >= 15 is 0 Å². The van der Waals surface area contributed by atoms with Crippen molar-refractivity contribution in [1.29, 1.82) is 0 Å². The number of methoxy groups -OCH3 is 2. The Kier molecular flexibility index (Phi) is 6.75. The van der Waals surface area contributed by atoms with Crippen molar-refractivity contribution in [3.8, 4) is 11.5 Å². The number of amides is 1. The van der Waals surface area contributed by atoms with Crippen LogP contribution in [0, 0.1) is 0 Å². The van der Waals surface area contributed by atoms with Gasteiger partial charge in [0.15, 0.2) is 18.1 Å². The van der Waals surface area contributed by atoms with Gasteiger partial charge in [0.25, 0.3) is 15.9 Å². The molecule has 31 heavy (non-hydrogen) atoms. The molecule has 3 rings (SSSR count). The number of ether oxygens (including phenoxy) is 3. The molecule has 2 aromatic carbocycles. The van der Waals surface area contributed by atoms with Crippen LogP contribution < -0.4 is 19.5 Å². The van der Waals surface area contributed by atoms with Crippen LogP contribution in [0.15, 0.2) is 52.4 Å². The van der Waals surface area contributed by atoms with E-state index in [2.05, 4.69) is 15.0 Å². The highest BCUT2D eigenvalue weighted by Crippen LogP contribution is 2.29. The number of benzene rings is 2. The van der Waals surface area contributed by atoms with Crippen LogP contribution in [0.3, 0.4) is 0 Å². The molecule has 1 amide bonds. The maximum absolute atomic E-state index is 12.0. The minimum Gasteiger partial charge on any atom is -0.493 e. The van der Waals surface area contributed by atoms with Gasteiger partial charge in [0.2, 0.25) is 0 Å². The largest absolute Gasteiger partial charge is 0.493 e. The Bertz CT molecular complexity index is 1130. The molecule has 11 heteroatoms. The highest BCUT2D eigenvalue weighted by atomic mass is 32.2. The first-order valence-corrected chi connectivity index (χ1v) is 10.7. The summed E-state index contributed by atoms with van der Waals surface area (Å²) in [6, 6.07) is 11.3. The molecule has 2 N–H and O–H groups in total. The van der Waals surface area contributed by atoms with Gasteiger partial charge in [-0.25, -0.2) is 8.42 Å². The van der Waals surface area contributed by atoms with E-state index < -0.39 is 28.5 Å². The van der Waals surface area contributed by atoms with Gasteiger partial charge in [-0.1, -0.05) is 12.1 Å². The van der Waals surface area contributed by atoms with Crippen molar-refractivity contribution in [1.82, 2.24) is 4.72 Å². The highest BCUT2D eigenvalue weighted by molar-refractivity contribution is 7.90. The van der Waals surface area contributed by atoms with Crippen LogP contribution in [0.5, 0.6) is 11.5 Å². The van der Waals surface area contributed by atoms with E-state index in [1.165, 1.54) is 20.3 Å². The summed E-state index contributed by atoms with van der Waals surface area (Å²) in [6.45, 7) is -0.471. The number of rotatable bonds is 8. The van der Waals surface area contributed by atoms with Crippen molar-refractivity contribution in [3.63, 3.8) is 0 Å². The van der Waals surface area contributed by atoms with Gasteiger partial charge in [-0.3, -0.25) is 19.3 Å². The van der Waals surface area contributed by atoms with Crippen LogP contribution in [-0.2, 0) is 24.3 Å². The summed E-state index contributed by atoms with van der Waals surface area (Å²) in [7, 11) is -0.656. The lowest BCUT2D eigenvalue weighted by Gasteiger charge is -2.10. The van der Waals surface area contributed by atoms with Crippen molar-refractivity contribution in [3.05, 3.63) is 48.0 Å². The topological polar surface area (TPSA) is 132 Å². The van der Waals surface area contributed by atoms with Crippen LogP contribution in [0.2, 0.25) is 0 Å². The number of nitrogens with one attached hydrogen (secondary N) is 2. The Labute approximate surface area is 179 Å². The number of nitrogens with zero attached hydrogens (tertiary/aromatic N) is 1. The maximum atomic E-state index is 12.0. The molecule has 1 aliphatic heterocycles. The predicted octanol–water partition coefficient (Wildman–Crippen LogP) is 1.31. The average molecular weight is 447 g/mol. The van der Waals surface area contributed by atoms with Crippen molar-refractivity contribution in [2.24, 2.45) is 4.99 Å². The molecular formula is C20H21N3O7S. The summed E-state index contributed by atoms with van der Waals surface area (Å²) < 4.78 is 41.6. The number of amidine groups is 1. The van der Waals surface area contributed by atoms with Gasteiger partial charge in [0.1, 0.15) is 5.84 Å². The van der Waals surface area contributed by atoms with Gasteiger partial charge in [-0.05, 0) is 24.3 Å². The van der Waals surface area contributed by atoms with Crippen molar-refractivity contribution < 1.29 is 32.2 Å². The van der Waals surface area contributed by atoms with Gasteiger partial charge in [-0.15, -0.1) is 0 Å². The summed E-state index contributed by atoms with van der Waals surface area (Å²) in [5.41, 5.74) is 0.905. The zero-order chi connectivity index (χ0) is 22.4. The van der Waals surface area contributed by atoms with E-state index in [9.17, 15) is 18.0 Å². The van der Waals surface area contributed by atoms with Gasteiger partial charge in [-0.2, -0.15) is 0 Å². The number of hydrogen-bond donors (Lipinski definition) is 2. The van der Waals surface area contributed by atoms with Crippen LogP contribution >= 0.6 is 0 Å². The molecule has 0 saturated carbocycles. The molecule has 1 aliphatic rings. The number of esters is 1. The number of anilines is 1. The molecule has 2 aromatic rings. The highest BCUT2D eigenvalue weighted by Gasteiger charge is 2.29. The Morgan fingerprint density at radius 3 is 2.55 bits per heavy atom. The average Bonchev–Trinajstić information content (AvgIpc) is 3.02. The molecule has 10 nitrogen and oxygen atoms in total. The van der Waals surface area contributed by atoms with Gasteiger partial charge in [0.05, 0.1) is 32.1 Å². The summed E-state index contributed by atoms with van der Waals surface area (Å²) in [5, 5.41) is 2.59. The molecule has 0 atom stereocenters. The Hall–Kier alpha value is -3.60. The first kappa shape index (κ1) is 22.1. The lowest BCUT2D eigenvalue weighted by Crippen LogP contribution is -2.23. The molecule has 0 radical (unpaired) electrons. The quantitative estimate of drug-likeness (QED) is 0.583. The SMILES string of the molecule is COc1ccc(NC(=O)COC(=O)CCN=C2NS(=O)(=O)c3ccccc32)cc1OC. The second-order valence-corrected chi connectivity index (χ2v) is 8.01. The molecule has 0 aliphatic carbocycles. The fourth-order valence-electron chi connectivity index (χ4n) is 2.84. The minimum atomic E-state index is -3.63. The molecule has 0 spiro atoms. The number of carbonyl (C=O) groups excluding carboxylic acids is 2. The fraction of sp³-hybridized carbons (Fsp3) is 0.250. The first-order chi connectivity index (χ1) is 14.8. The summed E-state index contributed by atoms with van der Waals surface area (Å²) in [6.07, 6.45) is -0.114. The second-order valence-electron chi connectivity index (χ2n) is 6.36. The fourth-order valence-corrected chi connectivity index (χ4v) is 4.09. The van der Waals surface area contributed by atoms with Gasteiger partial charge >= 0.3 is 5.97 Å². The van der Waals surface area contributed by atoms with E-state index in [1.54, 1.807) is 36.4 Å². The lowest BCUT2D eigenvalue weighted by atomic mass is 10.2. The molecule has 0 fully saturated rings. The summed E-state index contributed by atoms with van der Waals surface area (Å²) in [4.78, 5) is 28.2. The first-order valence-electron chi connectivity index (χ1n) is 9.18. The molecule has 1 heterocycles. The van der Waals surface area contributed by atoms with Crippen LogP contribution in [0.25, 0.3) is 0 Å². The van der Waals surface area contributed by atoms with Crippen LogP contribution in [0.1, 0.15) is 12.0 Å². The molecule has 0 bridgehead atoms. The van der Waals surface area contributed by atoms with E-state index in [0.29, 0.717) is 22.7 Å². The molecular weight excluding hydrogens is 426 g/mol. The molecule has 0 unspecified atom stereocenters. The second kappa shape index (κ2) is 9.47. The van der Waals surface area contributed by atoms with E-state index in [0.717, 1.165) is 0 Å². The maximum Gasteiger partial charge on any atom is 0.308 e. The normalized spacial score (nSPS) is 15.0. The Morgan fingerprint density at radius 1 is 1.06 bits per heavy atom. The number of aliphatic imine (C=N–C) groups is 1. The third kappa shape index (κ3) is 5.31. The van der Waals surface area contributed by atoms with Crippen molar-refractivity contribution >= 4 is 33.4 Å². The van der Waals surface area contributed by atoms with Crippen molar-refractivity contribution in [2.75, 3.05) is 32.7 Å². The molecule has 0 saturated heterocycles. The number of carbonyl (C=O) groups is 2. The van der Waals surface area contributed by atoms with Gasteiger partial charge in [0, 0.05) is 17.3 Å². The smallest absolute Gasteiger partial charge is 0.308 e. The lowest BCUT2D eigenvalue weighted by molar-refractivity contribution is -0.147. The summed E-state index contributed by atoms with van der Waals surface area (Å²) in [5.74, 6) is -0.0267. The van der Waals surface area contributed by atoms with Crippen LogP contribution in [-0.4, -0.2) is 53.5 Å². The Morgan fingerprint density at radius 2 is 1.81 bits per heavy atom. The number of sulfonamides is 1. The van der Waals surface area contributed by atoms with E-state index in [4.69, 9.17) is 14.2 Å². The standard InChI is InChI=1S/C20H21N3O7S/c1-28-15-8-7-13(11-16(15)29-2)22-18(24)12-30-19(25)9-10-21-20-14-5-3-4-6-17(14)31(26,27)23-20/h3-8,11H,9-10,12H2,1-2H3,(H,21,23)(H,22,24).